The van der Waals surface area contributed by atoms with E-state index in [1.807, 2.05) is 0 Å². The van der Waals surface area contributed by atoms with Crippen molar-refractivity contribution in [1.29, 1.82) is 0 Å². The molecule has 6 heteroatoms. The predicted molar refractivity (Wildman–Crippen MR) is 67.6 cm³/mol. The second-order valence-electron chi connectivity index (χ2n) is 4.50. The second kappa shape index (κ2) is 4.70. The lowest BCUT2D eigenvalue weighted by Gasteiger charge is -2.15. The molecule has 5 nitrogen and oxygen atoms in total. The van der Waals surface area contributed by atoms with Gasteiger partial charge < -0.3 is 4.74 Å². The molecule has 0 saturated carbocycles. The van der Waals surface area contributed by atoms with Gasteiger partial charge in [-0.3, -0.25) is 14.3 Å². The number of aromatic amines is 1. The zero-order valence-electron chi connectivity index (χ0n) is 9.84. The number of hydrogen-bond acceptors (Lipinski definition) is 4. The van der Waals surface area contributed by atoms with E-state index in [1.165, 1.54) is 4.57 Å². The van der Waals surface area contributed by atoms with E-state index in [9.17, 15) is 9.59 Å². The molecule has 1 aromatic rings. The van der Waals surface area contributed by atoms with Crippen molar-refractivity contribution < 1.29 is 4.74 Å². The van der Waals surface area contributed by atoms with E-state index in [0.717, 1.165) is 6.42 Å². The monoisotopic (exact) mass is 256 g/mol. The van der Waals surface area contributed by atoms with Crippen LogP contribution < -0.4 is 11.2 Å². The van der Waals surface area contributed by atoms with E-state index in [2.05, 4.69) is 24.5 Å². The van der Waals surface area contributed by atoms with Crippen LogP contribution in [0.25, 0.3) is 0 Å². The summed E-state index contributed by atoms with van der Waals surface area (Å²) in [4.78, 5) is 25.2. The van der Waals surface area contributed by atoms with Crippen LogP contribution in [0.4, 0.5) is 0 Å². The molecular formula is C11H16N2O3S. The van der Waals surface area contributed by atoms with E-state index in [-0.39, 0.29) is 17.9 Å². The van der Waals surface area contributed by atoms with Crippen LogP contribution in [0.3, 0.4) is 0 Å². The third kappa shape index (κ3) is 2.32. The van der Waals surface area contributed by atoms with Gasteiger partial charge in [0.2, 0.25) is 0 Å². The lowest BCUT2D eigenvalue weighted by Crippen LogP contribution is -2.33. The van der Waals surface area contributed by atoms with Crippen molar-refractivity contribution in [1.82, 2.24) is 9.55 Å². The third-order valence-electron chi connectivity index (χ3n) is 3.18. The minimum absolute atomic E-state index is 0.0578. The summed E-state index contributed by atoms with van der Waals surface area (Å²) in [6.45, 7) is 3.74. The Balaban J connectivity index is 2.34. The van der Waals surface area contributed by atoms with Crippen molar-refractivity contribution in [3.8, 4) is 0 Å². The lowest BCUT2D eigenvalue weighted by molar-refractivity contribution is 0.00539. The van der Waals surface area contributed by atoms with Crippen LogP contribution in [0.15, 0.2) is 15.8 Å². The Labute approximate surface area is 104 Å². The average Bonchev–Trinajstić information content (AvgIpc) is 2.65. The fraction of sp³-hybridized carbons (Fsp3) is 0.636. The fourth-order valence-corrected chi connectivity index (χ4v) is 2.51. The summed E-state index contributed by atoms with van der Waals surface area (Å²) in [5.74, 6) is 0.992. The minimum atomic E-state index is -0.419. The standard InChI is InChI=1S/C11H16N2O3S/c1-6-3-9(16-8(6)5-17)13-4-7(2)10(14)12-11(13)15/h4,6,8-9,17H,3,5H2,1-2H3,(H,12,14,15). The number of ether oxygens (including phenoxy) is 1. The van der Waals surface area contributed by atoms with Gasteiger partial charge in [-0.15, -0.1) is 0 Å². The van der Waals surface area contributed by atoms with E-state index in [1.54, 1.807) is 13.1 Å². The van der Waals surface area contributed by atoms with Gasteiger partial charge in [-0.2, -0.15) is 12.6 Å². The van der Waals surface area contributed by atoms with Crippen LogP contribution in [-0.4, -0.2) is 21.4 Å². The van der Waals surface area contributed by atoms with Gasteiger partial charge in [0.25, 0.3) is 5.56 Å². The average molecular weight is 256 g/mol. The molecule has 0 aromatic carbocycles. The molecule has 0 radical (unpaired) electrons. The molecule has 1 saturated heterocycles. The first-order valence-electron chi connectivity index (χ1n) is 5.61. The summed E-state index contributed by atoms with van der Waals surface area (Å²) in [7, 11) is 0. The van der Waals surface area contributed by atoms with Gasteiger partial charge in [-0.1, -0.05) is 6.92 Å². The van der Waals surface area contributed by atoms with Crippen molar-refractivity contribution in [3.63, 3.8) is 0 Å². The molecule has 1 aromatic heterocycles. The SMILES string of the molecule is Cc1cn(C2CC(C)C(CS)O2)c(=O)[nH]c1=O. The summed E-state index contributed by atoms with van der Waals surface area (Å²) in [5.41, 5.74) is -0.254. The highest BCUT2D eigenvalue weighted by atomic mass is 32.1. The molecule has 3 unspecified atom stereocenters. The first kappa shape index (κ1) is 12.4. The van der Waals surface area contributed by atoms with Crippen LogP contribution in [0.2, 0.25) is 0 Å². The Hall–Kier alpha value is -1.01. The zero-order chi connectivity index (χ0) is 12.6. The number of H-pyrrole nitrogens is 1. The number of hydrogen-bond donors (Lipinski definition) is 2. The Morgan fingerprint density at radius 1 is 1.59 bits per heavy atom. The first-order valence-corrected chi connectivity index (χ1v) is 6.24. The van der Waals surface area contributed by atoms with Crippen molar-refractivity contribution in [2.45, 2.75) is 32.6 Å². The van der Waals surface area contributed by atoms with Crippen LogP contribution in [0.5, 0.6) is 0 Å². The van der Waals surface area contributed by atoms with Gasteiger partial charge in [0.1, 0.15) is 6.23 Å². The Kier molecular flexibility index (Phi) is 3.44. The second-order valence-corrected chi connectivity index (χ2v) is 4.87. The molecule has 1 fully saturated rings. The van der Waals surface area contributed by atoms with Crippen LogP contribution in [-0.2, 0) is 4.74 Å². The number of rotatable bonds is 2. The quantitative estimate of drug-likeness (QED) is 0.766. The zero-order valence-corrected chi connectivity index (χ0v) is 10.7. The molecule has 94 valence electrons. The number of aromatic nitrogens is 2. The van der Waals surface area contributed by atoms with E-state index in [4.69, 9.17) is 4.74 Å². The molecular weight excluding hydrogens is 240 g/mol. The molecule has 1 aliphatic heterocycles. The largest absolute Gasteiger partial charge is 0.354 e. The third-order valence-corrected chi connectivity index (χ3v) is 3.54. The molecule has 1 N–H and O–H groups in total. The van der Waals surface area contributed by atoms with Gasteiger partial charge in [0.05, 0.1) is 6.10 Å². The van der Waals surface area contributed by atoms with Crippen molar-refractivity contribution >= 4 is 12.6 Å². The van der Waals surface area contributed by atoms with E-state index in [0.29, 0.717) is 17.2 Å². The predicted octanol–water partition coefficient (Wildman–Crippen LogP) is 0.698. The van der Waals surface area contributed by atoms with Gasteiger partial charge in [-0.05, 0) is 19.3 Å². The number of nitrogens with zero attached hydrogens (tertiary/aromatic N) is 1. The molecule has 0 spiro atoms. The van der Waals surface area contributed by atoms with Gasteiger partial charge in [0.15, 0.2) is 0 Å². The summed E-state index contributed by atoms with van der Waals surface area (Å²) in [6.07, 6.45) is 2.07. The highest BCUT2D eigenvalue weighted by Crippen LogP contribution is 2.32. The lowest BCUT2D eigenvalue weighted by atomic mass is 10.1. The highest BCUT2D eigenvalue weighted by molar-refractivity contribution is 7.80. The summed E-state index contributed by atoms with van der Waals surface area (Å²) < 4.78 is 7.20. The van der Waals surface area contributed by atoms with Gasteiger partial charge >= 0.3 is 5.69 Å². The molecule has 2 heterocycles. The Bertz CT molecular complexity index is 522. The maximum Gasteiger partial charge on any atom is 0.330 e. The van der Waals surface area contributed by atoms with E-state index < -0.39 is 5.69 Å². The first-order chi connectivity index (χ1) is 8.02. The topological polar surface area (TPSA) is 64.1 Å². The highest BCUT2D eigenvalue weighted by Gasteiger charge is 2.32. The summed E-state index contributed by atoms with van der Waals surface area (Å²) in [6, 6.07) is 0. The minimum Gasteiger partial charge on any atom is -0.354 e. The van der Waals surface area contributed by atoms with Crippen LogP contribution in [0, 0.1) is 12.8 Å². The maximum atomic E-state index is 11.7. The fourth-order valence-electron chi connectivity index (χ4n) is 2.06. The Morgan fingerprint density at radius 2 is 2.29 bits per heavy atom. The molecule has 0 aliphatic carbocycles. The normalized spacial score (nSPS) is 28.5. The summed E-state index contributed by atoms with van der Waals surface area (Å²) in [5, 5.41) is 0. The Morgan fingerprint density at radius 3 is 2.88 bits per heavy atom. The summed E-state index contributed by atoms with van der Waals surface area (Å²) >= 11 is 4.22. The van der Waals surface area contributed by atoms with Crippen LogP contribution in [0.1, 0.15) is 25.1 Å². The van der Waals surface area contributed by atoms with Crippen molar-refractivity contribution in [2.24, 2.45) is 5.92 Å². The molecule has 2 rings (SSSR count). The molecule has 17 heavy (non-hydrogen) atoms. The van der Waals surface area contributed by atoms with Crippen molar-refractivity contribution in [3.05, 3.63) is 32.6 Å². The number of aryl methyl sites for hydroxylation is 1. The number of thiol groups is 1. The smallest absolute Gasteiger partial charge is 0.330 e. The van der Waals surface area contributed by atoms with E-state index >= 15 is 0 Å². The molecule has 0 amide bonds. The number of nitrogens with one attached hydrogen (secondary N) is 1. The molecule has 3 atom stereocenters. The molecule has 0 bridgehead atoms. The molecule has 1 aliphatic rings. The van der Waals surface area contributed by atoms with Gasteiger partial charge in [-0.25, -0.2) is 4.79 Å². The van der Waals surface area contributed by atoms with Crippen LogP contribution >= 0.6 is 12.6 Å². The van der Waals surface area contributed by atoms with Crippen molar-refractivity contribution in [2.75, 3.05) is 5.75 Å². The van der Waals surface area contributed by atoms with Gasteiger partial charge in [0, 0.05) is 17.5 Å². The maximum absolute atomic E-state index is 11.7.